The average molecular weight is 629 g/mol. The maximum absolute atomic E-state index is 15.2. The highest BCUT2D eigenvalue weighted by molar-refractivity contribution is 6.28. The van der Waals surface area contributed by atoms with E-state index in [0.717, 1.165) is 16.5 Å². The van der Waals surface area contributed by atoms with E-state index in [2.05, 4.69) is 20.3 Å². The van der Waals surface area contributed by atoms with Crippen LogP contribution in [0.4, 0.5) is 15.9 Å². The van der Waals surface area contributed by atoms with E-state index in [-0.39, 0.29) is 33.7 Å². The molecule has 0 unspecified atom stereocenters. The van der Waals surface area contributed by atoms with Gasteiger partial charge in [-0.1, -0.05) is 30.3 Å². The Bertz CT molecular complexity index is 1720. The van der Waals surface area contributed by atoms with Crippen molar-refractivity contribution < 1.29 is 43.6 Å². The zero-order chi connectivity index (χ0) is 31.8. The summed E-state index contributed by atoms with van der Waals surface area (Å²) in [7, 11) is 0. The van der Waals surface area contributed by atoms with Crippen LogP contribution in [0.3, 0.4) is 0 Å². The number of amides is 1. The summed E-state index contributed by atoms with van der Waals surface area (Å²) in [6, 6.07) is 12.8. The second-order valence-corrected chi connectivity index (χ2v) is 10.4. The molecule has 14 nitrogen and oxygen atoms in total. The molecule has 4 aromatic rings. The van der Waals surface area contributed by atoms with Gasteiger partial charge in [0.1, 0.15) is 17.7 Å². The molecule has 6 N–H and O–H groups in total. The number of rotatable bonds is 10. The fourth-order valence-electron chi connectivity index (χ4n) is 4.82. The van der Waals surface area contributed by atoms with Crippen LogP contribution in [0.5, 0.6) is 0 Å². The number of imidazole rings is 1. The molecule has 1 aliphatic rings. The predicted octanol–water partition coefficient (Wildman–Crippen LogP) is 2.39. The molecule has 1 fully saturated rings. The number of fused-ring (bicyclic) bond motifs is 1. The number of carbonyl (C=O) groups is 3. The maximum Gasteiger partial charge on any atom is 0.348 e. The Morgan fingerprint density at radius 2 is 1.82 bits per heavy atom. The lowest BCUT2D eigenvalue weighted by Crippen LogP contribution is -2.52. The van der Waals surface area contributed by atoms with E-state index < -0.39 is 55.2 Å². The van der Waals surface area contributed by atoms with Gasteiger partial charge < -0.3 is 35.8 Å². The topological polar surface area (TPSA) is 212 Å². The van der Waals surface area contributed by atoms with Gasteiger partial charge in [0.2, 0.25) is 5.28 Å². The van der Waals surface area contributed by atoms with Crippen LogP contribution in [-0.4, -0.2) is 83.3 Å². The van der Waals surface area contributed by atoms with Crippen molar-refractivity contribution in [3.63, 3.8) is 0 Å². The summed E-state index contributed by atoms with van der Waals surface area (Å²) < 4.78 is 27.4. The van der Waals surface area contributed by atoms with E-state index in [9.17, 15) is 29.7 Å². The van der Waals surface area contributed by atoms with Crippen LogP contribution in [-0.2, 0) is 25.5 Å². The Morgan fingerprint density at radius 1 is 1.14 bits per heavy atom. The lowest BCUT2D eigenvalue weighted by molar-refractivity contribution is -0.190. The van der Waals surface area contributed by atoms with E-state index in [1.54, 1.807) is 31.2 Å². The number of aliphatic carboxylic acids is 2. The largest absolute Gasteiger partial charge is 0.479 e. The first-order valence-corrected chi connectivity index (χ1v) is 13.5. The van der Waals surface area contributed by atoms with Crippen LogP contribution in [0.2, 0.25) is 5.28 Å². The number of anilines is 2. The Kier molecular flexibility index (Phi) is 8.47. The van der Waals surface area contributed by atoms with E-state index in [4.69, 9.17) is 26.8 Å². The molecule has 0 saturated carbocycles. The number of carboxylic acid groups (broad SMARTS) is 2. The van der Waals surface area contributed by atoms with Crippen LogP contribution in [0.15, 0.2) is 54.9 Å². The Morgan fingerprint density at radius 3 is 2.48 bits per heavy atom. The third-order valence-corrected chi connectivity index (χ3v) is 7.40. The Hall–Kier alpha value is -4.70. The van der Waals surface area contributed by atoms with Crippen LogP contribution in [0.1, 0.15) is 27.7 Å². The number of nitrogens with zero attached hydrogens (tertiary/aromatic N) is 4. The Balaban J connectivity index is 1.30. The number of hydrogen-bond acceptors (Lipinski definition) is 10. The minimum atomic E-state index is -2.82. The van der Waals surface area contributed by atoms with Crippen molar-refractivity contribution in [1.82, 2.24) is 19.5 Å². The van der Waals surface area contributed by atoms with E-state index in [1.807, 2.05) is 0 Å². The lowest BCUT2D eigenvalue weighted by atomic mass is 9.94. The number of aryl methyl sites for hydroxylation is 1. The van der Waals surface area contributed by atoms with E-state index >= 15 is 4.39 Å². The zero-order valence-electron chi connectivity index (χ0n) is 22.9. The molecule has 5 rings (SSSR count). The van der Waals surface area contributed by atoms with Gasteiger partial charge in [-0.15, -0.1) is 0 Å². The summed E-state index contributed by atoms with van der Waals surface area (Å²) in [4.78, 5) is 49.0. The first-order chi connectivity index (χ1) is 20.9. The molecule has 44 heavy (non-hydrogen) atoms. The summed E-state index contributed by atoms with van der Waals surface area (Å²) in [6.07, 6.45) is -6.35. The quantitative estimate of drug-likeness (QED) is 0.126. The number of hydrogen-bond donors (Lipinski definition) is 5. The number of nitrogens with one attached hydrogen (secondary N) is 1. The molecule has 0 aliphatic carbocycles. The number of carboxylic acids is 2. The fourth-order valence-corrected chi connectivity index (χ4v) is 4.99. The van der Waals surface area contributed by atoms with Crippen LogP contribution >= 0.6 is 11.6 Å². The molecule has 0 spiro atoms. The van der Waals surface area contributed by atoms with E-state index in [1.165, 1.54) is 24.3 Å². The van der Waals surface area contributed by atoms with Crippen molar-refractivity contribution in [3.05, 3.63) is 76.8 Å². The highest BCUT2D eigenvalue weighted by Gasteiger charge is 2.52. The molecule has 3 heterocycles. The molecular formula is C28H26ClFN6O8. The molecule has 230 valence electrons. The van der Waals surface area contributed by atoms with Crippen LogP contribution in [0, 0.1) is 6.92 Å². The van der Waals surface area contributed by atoms with Gasteiger partial charge in [-0.25, -0.2) is 19.0 Å². The molecule has 0 bridgehead atoms. The minimum absolute atomic E-state index is 0.0212. The van der Waals surface area contributed by atoms with Gasteiger partial charge in [0.05, 0.1) is 12.9 Å². The van der Waals surface area contributed by atoms with Gasteiger partial charge in [0.15, 0.2) is 23.9 Å². The molecular weight excluding hydrogens is 603 g/mol. The first kappa shape index (κ1) is 30.7. The summed E-state index contributed by atoms with van der Waals surface area (Å²) in [5, 5.41) is 32.9. The standard InChI is InChI=1S/C28H26ClFN6O8/c1-13-4-2-3-5-16(13)23(38)33-15-8-6-14(7-9-15)10-28(25(39)40,26(41)42)43-11-17-20(37)18(30)24(44-17)36-12-32-19-21(31)34-27(29)35-22(19)36/h2-9,12,17-18,20,24,37H,10-11H2,1H3,(H,33,38)(H,39,40)(H,41,42)(H2,31,34,35)/t17-,18+,20-,24-/m1/s1. The second-order valence-electron chi connectivity index (χ2n) is 10.1. The number of aromatic nitrogens is 4. The van der Waals surface area contributed by atoms with Gasteiger partial charge in [-0.2, -0.15) is 9.97 Å². The highest BCUT2D eigenvalue weighted by atomic mass is 35.5. The SMILES string of the molecule is Cc1ccccc1C(=O)Nc1ccc(CC(OC[C@H]2O[C@@H](n3cnc4c(N)nc(Cl)nc43)[C@@H](F)[C@@H]2O)(C(=O)O)C(=O)O)cc1. The molecule has 2 aromatic carbocycles. The summed E-state index contributed by atoms with van der Waals surface area (Å²) >= 11 is 5.86. The molecule has 1 aliphatic heterocycles. The zero-order valence-corrected chi connectivity index (χ0v) is 23.7. The average Bonchev–Trinajstić information content (AvgIpc) is 3.52. The van der Waals surface area contributed by atoms with Crippen molar-refractivity contribution in [2.24, 2.45) is 0 Å². The molecule has 4 atom stereocenters. The van der Waals surface area contributed by atoms with Gasteiger partial charge >= 0.3 is 11.9 Å². The van der Waals surface area contributed by atoms with Gasteiger partial charge in [0.25, 0.3) is 11.5 Å². The molecule has 2 aromatic heterocycles. The number of halogens is 2. The number of aliphatic hydroxyl groups is 1. The lowest BCUT2D eigenvalue weighted by Gasteiger charge is -2.27. The predicted molar refractivity (Wildman–Crippen MR) is 153 cm³/mol. The third-order valence-electron chi connectivity index (χ3n) is 7.23. The number of benzene rings is 2. The first-order valence-electron chi connectivity index (χ1n) is 13.1. The number of nitrogen functional groups attached to an aromatic ring is 1. The maximum atomic E-state index is 15.2. The van der Waals surface area contributed by atoms with Crippen molar-refractivity contribution >= 4 is 52.1 Å². The summed E-state index contributed by atoms with van der Waals surface area (Å²) in [6.45, 7) is 0.992. The molecule has 16 heteroatoms. The molecule has 1 amide bonds. The second kappa shape index (κ2) is 12.1. The van der Waals surface area contributed by atoms with Crippen LogP contribution < -0.4 is 11.1 Å². The number of nitrogens with two attached hydrogens (primary N) is 1. The summed E-state index contributed by atoms with van der Waals surface area (Å²) in [5.41, 5.74) is 4.97. The number of carbonyl (C=O) groups excluding carboxylic acids is 1. The van der Waals surface area contributed by atoms with Crippen LogP contribution in [0.25, 0.3) is 11.2 Å². The highest BCUT2D eigenvalue weighted by Crippen LogP contribution is 2.35. The van der Waals surface area contributed by atoms with Gasteiger partial charge in [-0.3, -0.25) is 9.36 Å². The minimum Gasteiger partial charge on any atom is -0.479 e. The van der Waals surface area contributed by atoms with E-state index in [0.29, 0.717) is 11.3 Å². The van der Waals surface area contributed by atoms with Crippen molar-refractivity contribution in [2.75, 3.05) is 17.7 Å². The molecule has 0 radical (unpaired) electrons. The number of alkyl halides is 1. The Labute approximate surface area is 253 Å². The fraction of sp³-hybridized carbons (Fsp3) is 0.286. The normalized spacial score (nSPS) is 20.1. The van der Waals surface area contributed by atoms with Gasteiger partial charge in [0, 0.05) is 17.7 Å². The number of aliphatic hydroxyl groups excluding tert-OH is 1. The number of ether oxygens (including phenoxy) is 2. The van der Waals surface area contributed by atoms with Crippen molar-refractivity contribution in [1.29, 1.82) is 0 Å². The van der Waals surface area contributed by atoms with Gasteiger partial charge in [-0.05, 0) is 47.9 Å². The monoisotopic (exact) mass is 628 g/mol. The van der Waals surface area contributed by atoms with Crippen molar-refractivity contribution in [3.8, 4) is 0 Å². The molecule has 1 saturated heterocycles. The van der Waals surface area contributed by atoms with Crippen molar-refractivity contribution in [2.45, 2.75) is 43.6 Å². The summed E-state index contributed by atoms with van der Waals surface area (Å²) in [5.74, 6) is -4.08. The smallest absolute Gasteiger partial charge is 0.348 e. The third kappa shape index (κ3) is 5.77.